The Hall–Kier alpha value is -4.11. The summed E-state index contributed by atoms with van der Waals surface area (Å²) in [6, 6.07) is 16.3. The lowest BCUT2D eigenvalue weighted by atomic mass is 9.99. The van der Waals surface area contributed by atoms with E-state index in [2.05, 4.69) is 5.32 Å². The number of carboxylic acids is 1. The van der Waals surface area contributed by atoms with Crippen molar-refractivity contribution in [3.63, 3.8) is 0 Å². The van der Waals surface area contributed by atoms with Gasteiger partial charge in [0.1, 0.15) is 18.1 Å². The average Bonchev–Trinajstić information content (AvgIpc) is 3.69. The van der Waals surface area contributed by atoms with E-state index in [1.807, 2.05) is 36.4 Å². The molecule has 1 fully saturated rings. The molecule has 1 aromatic heterocycles. The standard InChI is InChI=1S/C30H30F2N2O5/c1-37-22-8-7-20(12-27(35)36)26(13-22)38-16-24-23-10-21(19-4-2-3-18(9-19)14-33)11-25(34-15-17-5-6-17)28(23)39-29(24)30(31)32/h2-4,7-11,13,17,30,34H,5-6,12,14-16,33H2,1H3,(H,35,36). The smallest absolute Gasteiger partial charge is 0.307 e. The SMILES string of the molecule is COc1ccc(CC(=O)O)c(OCc2c(C(F)F)oc3c(NCC4CC4)cc(-c4cccc(CN)c4)cc23)c1. The van der Waals surface area contributed by atoms with E-state index in [4.69, 9.17) is 19.6 Å². The first-order chi connectivity index (χ1) is 18.9. The number of hydrogen-bond donors (Lipinski definition) is 3. The molecule has 1 heterocycles. The second kappa shape index (κ2) is 11.3. The van der Waals surface area contributed by atoms with E-state index < -0.39 is 18.2 Å². The lowest BCUT2D eigenvalue weighted by Crippen LogP contribution is -2.05. The first kappa shape index (κ1) is 26.5. The predicted octanol–water partition coefficient (Wildman–Crippen LogP) is 6.53. The lowest BCUT2D eigenvalue weighted by Gasteiger charge is -2.13. The Morgan fingerprint density at radius 3 is 2.67 bits per heavy atom. The van der Waals surface area contributed by atoms with Gasteiger partial charge < -0.3 is 30.0 Å². The number of aliphatic carboxylic acids is 1. The largest absolute Gasteiger partial charge is 0.497 e. The van der Waals surface area contributed by atoms with Crippen LogP contribution in [0.2, 0.25) is 0 Å². The molecule has 4 aromatic rings. The van der Waals surface area contributed by atoms with Gasteiger partial charge in [-0.3, -0.25) is 4.79 Å². The van der Waals surface area contributed by atoms with Gasteiger partial charge >= 0.3 is 5.97 Å². The van der Waals surface area contributed by atoms with Gasteiger partial charge in [-0.15, -0.1) is 0 Å². The number of rotatable bonds is 12. The normalized spacial score (nSPS) is 13.2. The van der Waals surface area contributed by atoms with Crippen molar-refractivity contribution in [2.45, 2.75) is 38.8 Å². The second-order valence-electron chi connectivity index (χ2n) is 9.71. The highest BCUT2D eigenvalue weighted by atomic mass is 19.3. The van der Waals surface area contributed by atoms with E-state index in [1.165, 1.54) is 7.11 Å². The van der Waals surface area contributed by atoms with E-state index in [-0.39, 0.29) is 24.3 Å². The number of alkyl halides is 2. The number of benzene rings is 3. The maximum atomic E-state index is 14.3. The minimum atomic E-state index is -2.87. The quantitative estimate of drug-likeness (QED) is 0.189. The third-order valence-electron chi connectivity index (χ3n) is 6.88. The first-order valence-electron chi connectivity index (χ1n) is 12.8. The topological polar surface area (TPSA) is 107 Å². The Morgan fingerprint density at radius 2 is 1.97 bits per heavy atom. The molecule has 9 heteroatoms. The fourth-order valence-corrected chi connectivity index (χ4v) is 4.60. The van der Waals surface area contributed by atoms with E-state index in [1.54, 1.807) is 18.2 Å². The number of nitrogens with one attached hydrogen (secondary N) is 1. The van der Waals surface area contributed by atoms with Crippen LogP contribution in [0, 0.1) is 5.92 Å². The second-order valence-corrected chi connectivity index (χ2v) is 9.71. The Bertz CT molecular complexity index is 1500. The molecule has 39 heavy (non-hydrogen) atoms. The van der Waals surface area contributed by atoms with Crippen molar-refractivity contribution in [3.05, 3.63) is 77.0 Å². The maximum Gasteiger partial charge on any atom is 0.307 e. The molecule has 1 saturated carbocycles. The van der Waals surface area contributed by atoms with E-state index in [0.29, 0.717) is 40.4 Å². The molecule has 0 aliphatic heterocycles. The zero-order valence-electron chi connectivity index (χ0n) is 21.5. The highest BCUT2D eigenvalue weighted by molar-refractivity contribution is 5.96. The van der Waals surface area contributed by atoms with Crippen LogP contribution in [0.3, 0.4) is 0 Å². The Balaban J connectivity index is 1.59. The minimum Gasteiger partial charge on any atom is -0.497 e. The molecule has 204 valence electrons. The first-order valence-corrected chi connectivity index (χ1v) is 12.8. The van der Waals surface area contributed by atoms with Crippen molar-refractivity contribution in [1.82, 2.24) is 0 Å². The third kappa shape index (κ3) is 5.98. The molecule has 0 saturated heterocycles. The van der Waals surface area contributed by atoms with Crippen LogP contribution in [0.15, 0.2) is 59.0 Å². The summed E-state index contributed by atoms with van der Waals surface area (Å²) in [4.78, 5) is 11.4. The molecule has 0 atom stereocenters. The maximum absolute atomic E-state index is 14.3. The molecule has 5 rings (SSSR count). The summed E-state index contributed by atoms with van der Waals surface area (Å²) >= 11 is 0. The fourth-order valence-electron chi connectivity index (χ4n) is 4.60. The number of carbonyl (C=O) groups is 1. The molecule has 0 amide bonds. The van der Waals surface area contributed by atoms with Crippen LogP contribution in [0.5, 0.6) is 11.5 Å². The summed E-state index contributed by atoms with van der Waals surface area (Å²) in [5.74, 6) is -0.265. The number of nitrogens with two attached hydrogens (primary N) is 1. The third-order valence-corrected chi connectivity index (χ3v) is 6.88. The zero-order chi connectivity index (χ0) is 27.5. The van der Waals surface area contributed by atoms with Crippen LogP contribution in [0.25, 0.3) is 22.1 Å². The van der Waals surface area contributed by atoms with Gasteiger partial charge in [-0.05, 0) is 59.7 Å². The predicted molar refractivity (Wildman–Crippen MR) is 144 cm³/mol. The van der Waals surface area contributed by atoms with Gasteiger partial charge in [-0.1, -0.05) is 24.3 Å². The average molecular weight is 537 g/mol. The van der Waals surface area contributed by atoms with Crippen LogP contribution in [0.1, 0.15) is 41.7 Å². The molecule has 3 aromatic carbocycles. The van der Waals surface area contributed by atoms with Gasteiger partial charge in [0.05, 0.1) is 19.2 Å². The van der Waals surface area contributed by atoms with Crippen molar-refractivity contribution >= 4 is 22.6 Å². The van der Waals surface area contributed by atoms with E-state index in [0.717, 1.165) is 36.1 Å². The molecule has 4 N–H and O–H groups in total. The van der Waals surface area contributed by atoms with Gasteiger partial charge in [0.15, 0.2) is 11.3 Å². The molecule has 0 radical (unpaired) electrons. The van der Waals surface area contributed by atoms with Gasteiger partial charge in [-0.25, -0.2) is 8.78 Å². The summed E-state index contributed by atoms with van der Waals surface area (Å²) in [6.45, 7) is 0.851. The lowest BCUT2D eigenvalue weighted by molar-refractivity contribution is -0.136. The Morgan fingerprint density at radius 1 is 1.15 bits per heavy atom. The van der Waals surface area contributed by atoms with E-state index >= 15 is 0 Å². The molecule has 7 nitrogen and oxygen atoms in total. The van der Waals surface area contributed by atoms with Crippen LogP contribution >= 0.6 is 0 Å². The number of hydrogen-bond acceptors (Lipinski definition) is 6. The van der Waals surface area contributed by atoms with Crippen LogP contribution in [-0.2, 0) is 24.4 Å². The number of carboxylic acid groups (broad SMARTS) is 1. The van der Waals surface area contributed by atoms with Gasteiger partial charge in [0.25, 0.3) is 6.43 Å². The number of methoxy groups -OCH3 is 1. The van der Waals surface area contributed by atoms with Gasteiger partial charge in [0, 0.05) is 35.7 Å². The van der Waals surface area contributed by atoms with Crippen molar-refractivity contribution < 1.29 is 32.6 Å². The molecular formula is C30H30F2N2O5. The van der Waals surface area contributed by atoms with Gasteiger partial charge in [0.2, 0.25) is 0 Å². The number of fused-ring (bicyclic) bond motifs is 1. The summed E-state index contributed by atoms with van der Waals surface area (Å²) < 4.78 is 45.5. The minimum absolute atomic E-state index is 0.204. The molecule has 0 unspecified atom stereocenters. The van der Waals surface area contributed by atoms with Crippen LogP contribution in [-0.4, -0.2) is 24.7 Å². The van der Waals surface area contributed by atoms with Crippen LogP contribution < -0.4 is 20.5 Å². The summed E-state index contributed by atoms with van der Waals surface area (Å²) in [5.41, 5.74) is 10.1. The Labute approximate surface area is 224 Å². The van der Waals surface area contributed by atoms with Crippen molar-refractivity contribution in [2.24, 2.45) is 11.7 Å². The Kier molecular flexibility index (Phi) is 7.70. The molecule has 0 spiro atoms. The molecule has 1 aliphatic rings. The van der Waals surface area contributed by atoms with Crippen molar-refractivity contribution in [3.8, 4) is 22.6 Å². The van der Waals surface area contributed by atoms with E-state index in [9.17, 15) is 18.7 Å². The fraction of sp³-hybridized carbons (Fsp3) is 0.300. The highest BCUT2D eigenvalue weighted by Gasteiger charge is 2.27. The molecule has 0 bridgehead atoms. The summed E-state index contributed by atoms with van der Waals surface area (Å²) in [7, 11) is 1.48. The highest BCUT2D eigenvalue weighted by Crippen LogP contribution is 2.41. The monoisotopic (exact) mass is 536 g/mol. The number of anilines is 1. The summed E-state index contributed by atoms with van der Waals surface area (Å²) in [6.07, 6.45) is -0.898. The number of halogens is 2. The summed E-state index contributed by atoms with van der Waals surface area (Å²) in [5, 5.41) is 13.2. The number of ether oxygens (including phenoxy) is 2. The van der Waals surface area contributed by atoms with Gasteiger partial charge in [-0.2, -0.15) is 0 Å². The number of furan rings is 1. The zero-order valence-corrected chi connectivity index (χ0v) is 21.5. The van der Waals surface area contributed by atoms with Crippen molar-refractivity contribution in [2.75, 3.05) is 19.0 Å². The van der Waals surface area contributed by atoms with Crippen LogP contribution in [0.4, 0.5) is 14.5 Å². The molecule has 1 aliphatic carbocycles. The van der Waals surface area contributed by atoms with Crippen molar-refractivity contribution in [1.29, 1.82) is 0 Å². The molecular weight excluding hydrogens is 506 g/mol.